The summed E-state index contributed by atoms with van der Waals surface area (Å²) in [5, 5.41) is 0. The maximum atomic E-state index is 13.2. The number of hydrogen-bond acceptors (Lipinski definition) is 4. The molecule has 2 saturated heterocycles. The highest BCUT2D eigenvalue weighted by Crippen LogP contribution is 2.27. The smallest absolute Gasteiger partial charge is 0.270 e. The summed E-state index contributed by atoms with van der Waals surface area (Å²) in [4.78, 5) is 30.3. The van der Waals surface area contributed by atoms with Crippen molar-refractivity contribution in [3.63, 3.8) is 0 Å². The minimum atomic E-state index is 0.00222. The van der Waals surface area contributed by atoms with Gasteiger partial charge in [-0.25, -0.2) is 0 Å². The van der Waals surface area contributed by atoms with Crippen molar-refractivity contribution < 1.29 is 14.3 Å². The molecular weight excluding hydrogens is 324 g/mol. The van der Waals surface area contributed by atoms with Gasteiger partial charge in [-0.1, -0.05) is 0 Å². The van der Waals surface area contributed by atoms with Crippen LogP contribution < -0.4 is 0 Å². The number of nitrogens with zero attached hydrogens (tertiary/aromatic N) is 1. The van der Waals surface area contributed by atoms with Gasteiger partial charge in [-0.05, 0) is 51.3 Å². The summed E-state index contributed by atoms with van der Waals surface area (Å²) in [6.07, 6.45) is 3.26. The van der Waals surface area contributed by atoms with Gasteiger partial charge in [-0.3, -0.25) is 9.59 Å². The van der Waals surface area contributed by atoms with Gasteiger partial charge in [0, 0.05) is 36.2 Å². The minimum absolute atomic E-state index is 0.00222. The molecule has 132 valence electrons. The van der Waals surface area contributed by atoms with E-state index >= 15 is 0 Å². The number of rotatable bonds is 5. The monoisotopic (exact) mass is 350 g/mol. The third-order valence-electron chi connectivity index (χ3n) is 5.04. The Labute approximate surface area is 147 Å². The molecule has 2 atom stereocenters. The number of ketones is 1. The quantitative estimate of drug-likeness (QED) is 0.830. The average molecular weight is 350 g/mol. The van der Waals surface area contributed by atoms with Gasteiger partial charge >= 0.3 is 0 Å². The molecule has 0 aromatic carbocycles. The molecule has 0 radical (unpaired) electrons. The number of carbonyl (C=O) groups excluding carboxylic acids is 2. The lowest BCUT2D eigenvalue weighted by Gasteiger charge is -2.30. The van der Waals surface area contributed by atoms with Gasteiger partial charge in [-0.15, -0.1) is 0 Å². The van der Waals surface area contributed by atoms with Gasteiger partial charge in [0.15, 0.2) is 5.78 Å². The standard InChI is InChI=1S/C18H26N2O3S/c1-11-16(13(3)21)12(2)19-17(11)18(22)20(14-6-8-24-10-14)9-15-5-4-7-23-15/h14-15,19H,4-10H2,1-3H3. The van der Waals surface area contributed by atoms with E-state index in [-0.39, 0.29) is 23.8 Å². The first-order valence-corrected chi connectivity index (χ1v) is 9.85. The Balaban J connectivity index is 1.87. The van der Waals surface area contributed by atoms with Crippen molar-refractivity contribution in [2.75, 3.05) is 24.7 Å². The summed E-state index contributed by atoms with van der Waals surface area (Å²) in [5.74, 6) is 2.09. The van der Waals surface area contributed by atoms with E-state index in [0.717, 1.165) is 48.6 Å². The van der Waals surface area contributed by atoms with Crippen molar-refractivity contribution in [3.8, 4) is 0 Å². The Hall–Kier alpha value is -1.27. The SMILES string of the molecule is CC(=O)c1c(C)[nH]c(C(=O)N(CC2CCCO2)C2CCSC2)c1C. The highest BCUT2D eigenvalue weighted by Gasteiger charge is 2.33. The van der Waals surface area contributed by atoms with Crippen LogP contribution in [0.3, 0.4) is 0 Å². The van der Waals surface area contributed by atoms with E-state index in [1.54, 1.807) is 6.92 Å². The van der Waals surface area contributed by atoms with Crippen LogP contribution in [0.5, 0.6) is 0 Å². The lowest BCUT2D eigenvalue weighted by atomic mass is 10.1. The molecule has 0 saturated carbocycles. The molecule has 0 bridgehead atoms. The molecule has 2 fully saturated rings. The Morgan fingerprint density at radius 1 is 1.33 bits per heavy atom. The van der Waals surface area contributed by atoms with Crippen LogP contribution in [0.2, 0.25) is 0 Å². The largest absolute Gasteiger partial charge is 0.376 e. The van der Waals surface area contributed by atoms with Crippen LogP contribution in [0.4, 0.5) is 0 Å². The second kappa shape index (κ2) is 7.31. The minimum Gasteiger partial charge on any atom is -0.376 e. The van der Waals surface area contributed by atoms with E-state index in [4.69, 9.17) is 4.74 Å². The van der Waals surface area contributed by atoms with Crippen LogP contribution in [0.25, 0.3) is 0 Å². The van der Waals surface area contributed by atoms with E-state index in [1.807, 2.05) is 30.5 Å². The van der Waals surface area contributed by atoms with Crippen molar-refractivity contribution in [3.05, 3.63) is 22.5 Å². The van der Waals surface area contributed by atoms with Gasteiger partial charge in [0.05, 0.1) is 6.10 Å². The number of aryl methyl sites for hydroxylation is 1. The Bertz CT molecular complexity index is 628. The average Bonchev–Trinajstić information content (AvgIpc) is 3.25. The fraction of sp³-hybridized carbons (Fsp3) is 0.667. The van der Waals surface area contributed by atoms with Crippen LogP contribution in [0, 0.1) is 13.8 Å². The molecule has 5 nitrogen and oxygen atoms in total. The number of amides is 1. The number of aromatic nitrogens is 1. The Kier molecular flexibility index (Phi) is 5.35. The summed E-state index contributed by atoms with van der Waals surface area (Å²) < 4.78 is 5.76. The first kappa shape index (κ1) is 17.5. The molecule has 1 aromatic rings. The van der Waals surface area contributed by atoms with Gasteiger partial charge in [0.25, 0.3) is 5.91 Å². The third kappa shape index (κ3) is 3.40. The molecule has 2 aliphatic rings. The van der Waals surface area contributed by atoms with Crippen molar-refractivity contribution in [1.82, 2.24) is 9.88 Å². The maximum Gasteiger partial charge on any atom is 0.270 e. The summed E-state index contributed by atoms with van der Waals surface area (Å²) in [5.41, 5.74) is 2.76. The van der Waals surface area contributed by atoms with Gasteiger partial charge < -0.3 is 14.6 Å². The second-order valence-electron chi connectivity index (χ2n) is 6.79. The maximum absolute atomic E-state index is 13.2. The van der Waals surface area contributed by atoms with Crippen molar-refractivity contribution >= 4 is 23.5 Å². The van der Waals surface area contributed by atoms with Gasteiger partial charge in [0.1, 0.15) is 5.69 Å². The van der Waals surface area contributed by atoms with Crippen LogP contribution in [-0.4, -0.2) is 58.4 Å². The number of carbonyl (C=O) groups is 2. The molecule has 1 aromatic heterocycles. The molecule has 24 heavy (non-hydrogen) atoms. The summed E-state index contributed by atoms with van der Waals surface area (Å²) in [6, 6.07) is 0.260. The normalized spacial score (nSPS) is 23.6. The van der Waals surface area contributed by atoms with Gasteiger partial charge in [-0.2, -0.15) is 11.8 Å². The number of hydrogen-bond donors (Lipinski definition) is 1. The molecule has 2 unspecified atom stereocenters. The van der Waals surface area contributed by atoms with E-state index in [2.05, 4.69) is 4.98 Å². The molecule has 2 aliphatic heterocycles. The predicted molar refractivity (Wildman–Crippen MR) is 96.0 cm³/mol. The lowest BCUT2D eigenvalue weighted by Crippen LogP contribution is -2.45. The lowest BCUT2D eigenvalue weighted by molar-refractivity contribution is 0.0437. The van der Waals surface area contributed by atoms with Gasteiger partial charge in [0.2, 0.25) is 0 Å². The second-order valence-corrected chi connectivity index (χ2v) is 7.94. The molecule has 3 heterocycles. The van der Waals surface area contributed by atoms with E-state index in [1.165, 1.54) is 0 Å². The van der Waals surface area contributed by atoms with Crippen LogP contribution in [-0.2, 0) is 4.74 Å². The summed E-state index contributed by atoms with van der Waals surface area (Å²) in [7, 11) is 0. The number of Topliss-reactive ketones (excluding diaryl/α,β-unsaturated/α-hetero) is 1. The first-order valence-electron chi connectivity index (χ1n) is 8.69. The van der Waals surface area contributed by atoms with Crippen LogP contribution in [0.1, 0.15) is 58.3 Å². The summed E-state index contributed by atoms with van der Waals surface area (Å²) in [6.45, 7) is 6.71. The fourth-order valence-corrected chi connectivity index (χ4v) is 5.03. The zero-order chi connectivity index (χ0) is 17.3. The van der Waals surface area contributed by atoms with Crippen molar-refractivity contribution in [2.45, 2.75) is 52.2 Å². The molecule has 0 spiro atoms. The fourth-order valence-electron chi connectivity index (χ4n) is 3.81. The number of aromatic amines is 1. The Morgan fingerprint density at radius 3 is 2.67 bits per heavy atom. The van der Waals surface area contributed by atoms with E-state index in [0.29, 0.717) is 17.8 Å². The highest BCUT2D eigenvalue weighted by molar-refractivity contribution is 7.99. The number of ether oxygens (including phenoxy) is 1. The van der Waals surface area contributed by atoms with E-state index in [9.17, 15) is 9.59 Å². The zero-order valence-corrected chi connectivity index (χ0v) is 15.5. The van der Waals surface area contributed by atoms with Crippen LogP contribution >= 0.6 is 11.8 Å². The zero-order valence-electron chi connectivity index (χ0n) is 14.7. The van der Waals surface area contributed by atoms with Crippen LogP contribution in [0.15, 0.2) is 0 Å². The molecule has 6 heteroatoms. The third-order valence-corrected chi connectivity index (χ3v) is 6.18. The molecular formula is C18H26N2O3S. The van der Waals surface area contributed by atoms with Crippen molar-refractivity contribution in [2.24, 2.45) is 0 Å². The predicted octanol–water partition coefficient (Wildman–Crippen LogP) is 2.96. The topological polar surface area (TPSA) is 62.4 Å². The molecule has 3 rings (SSSR count). The molecule has 1 N–H and O–H groups in total. The Morgan fingerprint density at radius 2 is 2.12 bits per heavy atom. The molecule has 1 amide bonds. The summed E-state index contributed by atoms with van der Waals surface area (Å²) >= 11 is 1.90. The number of thioether (sulfide) groups is 1. The highest BCUT2D eigenvalue weighted by atomic mass is 32.2. The molecule has 0 aliphatic carbocycles. The van der Waals surface area contributed by atoms with Crippen molar-refractivity contribution in [1.29, 1.82) is 0 Å². The number of nitrogens with one attached hydrogen (secondary N) is 1. The van der Waals surface area contributed by atoms with E-state index < -0.39 is 0 Å². The number of H-pyrrole nitrogens is 1. The first-order chi connectivity index (χ1) is 11.5.